The quantitative estimate of drug-likeness (QED) is 0.474. The van der Waals surface area contributed by atoms with E-state index in [9.17, 15) is 9.59 Å². The van der Waals surface area contributed by atoms with E-state index in [0.717, 1.165) is 16.7 Å². The fraction of sp³-hybridized carbons (Fsp3) is 0.286. The Hall–Kier alpha value is -3.31. The number of hydrogen-bond acceptors (Lipinski definition) is 3. The number of nitrogens with one attached hydrogen (secondary N) is 1. The zero-order chi connectivity index (χ0) is 23.8. The molecule has 0 bridgehead atoms. The molecule has 176 valence electrons. The lowest BCUT2D eigenvalue weighted by Gasteiger charge is -2.41. The Labute approximate surface area is 205 Å². The molecule has 0 aromatic heterocycles. The highest BCUT2D eigenvalue weighted by molar-refractivity contribution is 6.30. The van der Waals surface area contributed by atoms with Gasteiger partial charge in [-0.05, 0) is 41.7 Å². The minimum Gasteiger partial charge on any atom is -0.445 e. The van der Waals surface area contributed by atoms with Gasteiger partial charge in [0.25, 0.3) is 0 Å². The topological polar surface area (TPSA) is 58.6 Å². The largest absolute Gasteiger partial charge is 0.445 e. The Morgan fingerprint density at radius 1 is 0.853 bits per heavy atom. The normalized spacial score (nSPS) is 14.9. The summed E-state index contributed by atoms with van der Waals surface area (Å²) < 4.78 is 5.52. The first-order chi connectivity index (χ1) is 16.5. The third-order valence-corrected chi connectivity index (χ3v) is 6.72. The number of likely N-dealkylation sites (tertiary alicyclic amines) is 1. The minimum absolute atomic E-state index is 0.00101. The van der Waals surface area contributed by atoms with E-state index in [1.807, 2.05) is 72.8 Å². The number of rotatable bonds is 7. The molecular formula is C28H29ClN2O3. The van der Waals surface area contributed by atoms with Gasteiger partial charge in [0.05, 0.1) is 0 Å². The SMILES string of the molecule is O=C(CC1(c2ccccc2)CCN(C(=O)OCc2ccccc2)CC1)NCc1ccc(Cl)cc1. The Balaban J connectivity index is 1.37. The highest BCUT2D eigenvalue weighted by atomic mass is 35.5. The summed E-state index contributed by atoms with van der Waals surface area (Å²) in [6.07, 6.45) is 1.47. The van der Waals surface area contributed by atoms with Gasteiger partial charge >= 0.3 is 6.09 Å². The molecule has 5 nitrogen and oxygen atoms in total. The van der Waals surface area contributed by atoms with E-state index in [-0.39, 0.29) is 24.0 Å². The Morgan fingerprint density at radius 3 is 2.12 bits per heavy atom. The van der Waals surface area contributed by atoms with Gasteiger partial charge in [0.2, 0.25) is 5.91 Å². The van der Waals surface area contributed by atoms with Crippen molar-refractivity contribution in [2.75, 3.05) is 13.1 Å². The van der Waals surface area contributed by atoms with Crippen molar-refractivity contribution in [3.8, 4) is 0 Å². The lowest BCUT2D eigenvalue weighted by Crippen LogP contribution is -2.47. The molecule has 3 aromatic rings. The number of halogens is 1. The zero-order valence-corrected chi connectivity index (χ0v) is 19.8. The standard InChI is InChI=1S/C28H29ClN2O3/c29-25-13-11-22(12-14-25)20-30-26(32)19-28(24-9-5-2-6-10-24)15-17-31(18-16-28)27(33)34-21-23-7-3-1-4-8-23/h1-14H,15-21H2,(H,30,32). The van der Waals surface area contributed by atoms with Crippen LogP contribution in [0, 0.1) is 0 Å². The number of piperidine rings is 1. The van der Waals surface area contributed by atoms with Gasteiger partial charge in [-0.1, -0.05) is 84.4 Å². The van der Waals surface area contributed by atoms with Crippen molar-refractivity contribution in [3.63, 3.8) is 0 Å². The number of ether oxygens (including phenoxy) is 1. The van der Waals surface area contributed by atoms with Crippen LogP contribution < -0.4 is 5.32 Å². The maximum Gasteiger partial charge on any atom is 0.410 e. The van der Waals surface area contributed by atoms with Crippen LogP contribution in [0.25, 0.3) is 0 Å². The van der Waals surface area contributed by atoms with Crippen molar-refractivity contribution >= 4 is 23.6 Å². The van der Waals surface area contributed by atoms with Gasteiger partial charge < -0.3 is 15.0 Å². The Kier molecular flexibility index (Phi) is 7.86. The molecule has 6 heteroatoms. The van der Waals surface area contributed by atoms with Gasteiger partial charge in [0, 0.05) is 36.5 Å². The summed E-state index contributed by atoms with van der Waals surface area (Å²) in [6, 6.07) is 27.3. The van der Waals surface area contributed by atoms with Crippen LogP contribution in [0.2, 0.25) is 5.02 Å². The van der Waals surface area contributed by atoms with Crippen molar-refractivity contribution < 1.29 is 14.3 Å². The van der Waals surface area contributed by atoms with Crippen LogP contribution >= 0.6 is 11.6 Å². The molecule has 0 saturated carbocycles. The van der Waals surface area contributed by atoms with Crippen molar-refractivity contribution in [1.82, 2.24) is 10.2 Å². The highest BCUT2D eigenvalue weighted by Gasteiger charge is 2.39. The molecule has 2 amide bonds. The van der Waals surface area contributed by atoms with E-state index >= 15 is 0 Å². The molecule has 34 heavy (non-hydrogen) atoms. The maximum atomic E-state index is 13.0. The predicted molar refractivity (Wildman–Crippen MR) is 133 cm³/mol. The van der Waals surface area contributed by atoms with Crippen LogP contribution in [0.1, 0.15) is 36.0 Å². The number of benzene rings is 3. The molecule has 0 unspecified atom stereocenters. The van der Waals surface area contributed by atoms with Gasteiger partial charge in [-0.15, -0.1) is 0 Å². The molecule has 1 N–H and O–H groups in total. The molecule has 3 aromatic carbocycles. The number of hydrogen-bond donors (Lipinski definition) is 1. The van der Waals surface area contributed by atoms with Gasteiger partial charge in [-0.3, -0.25) is 4.79 Å². The number of carbonyl (C=O) groups is 2. The van der Waals surface area contributed by atoms with Crippen molar-refractivity contribution in [2.24, 2.45) is 0 Å². The summed E-state index contributed by atoms with van der Waals surface area (Å²) in [6.45, 7) is 1.81. The summed E-state index contributed by atoms with van der Waals surface area (Å²) in [5, 5.41) is 3.72. The summed E-state index contributed by atoms with van der Waals surface area (Å²) in [7, 11) is 0. The molecule has 1 aliphatic rings. The van der Waals surface area contributed by atoms with Crippen LogP contribution in [-0.4, -0.2) is 30.0 Å². The predicted octanol–water partition coefficient (Wildman–Crippen LogP) is 5.72. The first kappa shape index (κ1) is 23.8. The van der Waals surface area contributed by atoms with E-state index in [4.69, 9.17) is 16.3 Å². The molecular weight excluding hydrogens is 448 g/mol. The van der Waals surface area contributed by atoms with E-state index in [1.54, 1.807) is 4.90 Å². The fourth-order valence-electron chi connectivity index (χ4n) is 4.46. The first-order valence-corrected chi connectivity index (χ1v) is 11.9. The van der Waals surface area contributed by atoms with E-state index < -0.39 is 0 Å². The van der Waals surface area contributed by atoms with E-state index in [1.165, 1.54) is 0 Å². The van der Waals surface area contributed by atoms with Crippen LogP contribution in [0.5, 0.6) is 0 Å². The molecule has 0 aliphatic carbocycles. The fourth-order valence-corrected chi connectivity index (χ4v) is 4.59. The van der Waals surface area contributed by atoms with Crippen LogP contribution in [0.15, 0.2) is 84.9 Å². The third kappa shape index (κ3) is 6.17. The molecule has 1 fully saturated rings. The van der Waals surface area contributed by atoms with Gasteiger partial charge in [0.15, 0.2) is 0 Å². The van der Waals surface area contributed by atoms with Crippen molar-refractivity contribution in [2.45, 2.75) is 37.8 Å². The number of nitrogens with zero attached hydrogens (tertiary/aromatic N) is 1. The summed E-state index contributed by atoms with van der Waals surface area (Å²) in [5.41, 5.74) is 2.78. The maximum absolute atomic E-state index is 13.0. The summed E-state index contributed by atoms with van der Waals surface area (Å²) >= 11 is 5.95. The third-order valence-electron chi connectivity index (χ3n) is 6.47. The lowest BCUT2D eigenvalue weighted by atomic mass is 9.70. The van der Waals surface area contributed by atoms with Crippen LogP contribution in [0.3, 0.4) is 0 Å². The molecule has 1 heterocycles. The highest BCUT2D eigenvalue weighted by Crippen LogP contribution is 2.39. The summed E-state index contributed by atoms with van der Waals surface area (Å²) in [5.74, 6) is -0.00101. The Bertz CT molecular complexity index is 1080. The lowest BCUT2D eigenvalue weighted by molar-refractivity contribution is -0.123. The van der Waals surface area contributed by atoms with Crippen LogP contribution in [0.4, 0.5) is 4.79 Å². The molecule has 1 aliphatic heterocycles. The molecule has 1 saturated heterocycles. The molecule has 4 rings (SSSR count). The van der Waals surface area contributed by atoms with E-state index in [2.05, 4.69) is 17.4 Å². The zero-order valence-electron chi connectivity index (χ0n) is 19.1. The average molecular weight is 477 g/mol. The van der Waals surface area contributed by atoms with E-state index in [0.29, 0.717) is 43.9 Å². The number of carbonyl (C=O) groups excluding carboxylic acids is 2. The average Bonchev–Trinajstić information content (AvgIpc) is 2.88. The number of amides is 2. The molecule has 0 radical (unpaired) electrons. The van der Waals surface area contributed by atoms with Crippen molar-refractivity contribution in [3.05, 3.63) is 107 Å². The second-order valence-electron chi connectivity index (χ2n) is 8.75. The Morgan fingerprint density at radius 2 is 1.47 bits per heavy atom. The summed E-state index contributed by atoms with van der Waals surface area (Å²) in [4.78, 5) is 27.3. The minimum atomic E-state index is -0.318. The molecule has 0 spiro atoms. The first-order valence-electron chi connectivity index (χ1n) is 11.6. The van der Waals surface area contributed by atoms with Gasteiger partial charge in [0.1, 0.15) is 6.61 Å². The van der Waals surface area contributed by atoms with Gasteiger partial charge in [-0.2, -0.15) is 0 Å². The molecule has 0 atom stereocenters. The van der Waals surface area contributed by atoms with Crippen LogP contribution in [-0.2, 0) is 28.1 Å². The second kappa shape index (κ2) is 11.2. The van der Waals surface area contributed by atoms with Crippen molar-refractivity contribution in [1.29, 1.82) is 0 Å². The second-order valence-corrected chi connectivity index (χ2v) is 9.19. The smallest absolute Gasteiger partial charge is 0.410 e. The monoisotopic (exact) mass is 476 g/mol. The van der Waals surface area contributed by atoms with Gasteiger partial charge in [-0.25, -0.2) is 4.79 Å².